The molecule has 0 aromatic carbocycles. The first-order valence-electron chi connectivity index (χ1n) is 1.87. The highest BCUT2D eigenvalue weighted by molar-refractivity contribution is 6.50. The topological polar surface area (TPSA) is 12.0 Å². The number of rotatable bonds is 0. The van der Waals surface area contributed by atoms with E-state index in [1.807, 2.05) is 14.1 Å². The molecule has 0 heterocycles. The van der Waals surface area contributed by atoms with E-state index in [2.05, 4.69) is 5.32 Å². The fourth-order valence-corrected chi connectivity index (χ4v) is 0. The average molecular weight is 132 g/mol. The van der Waals surface area contributed by atoms with E-state index < -0.39 is 7.25 Å². The van der Waals surface area contributed by atoms with Crippen LogP contribution in [0.1, 0.15) is 0 Å². The van der Waals surface area contributed by atoms with Crippen molar-refractivity contribution in [2.75, 3.05) is 14.1 Å². The van der Waals surface area contributed by atoms with Crippen LogP contribution in [0.5, 0.6) is 0 Å². The Morgan fingerprint density at radius 3 is 1.00 bits per heavy atom. The molecule has 0 atom stereocenters. The Hall–Kier alpha value is -0.255. The van der Waals surface area contributed by atoms with Crippen LogP contribution in [-0.2, 0) is 0 Å². The Morgan fingerprint density at radius 1 is 1.00 bits per heavy atom. The van der Waals surface area contributed by atoms with Gasteiger partial charge in [-0.05, 0) is 14.1 Å². The van der Waals surface area contributed by atoms with Crippen molar-refractivity contribution in [2.45, 2.75) is 0 Å². The summed E-state index contributed by atoms with van der Waals surface area (Å²) < 4.78 is 39.0. The summed E-state index contributed by atoms with van der Waals surface area (Å²) in [5, 5.41) is 2.75. The minimum absolute atomic E-state index is 1.88. The molecule has 0 aliphatic rings. The summed E-state index contributed by atoms with van der Waals surface area (Å²) in [6.07, 6.45) is 0. The largest absolute Gasteiger partial charge is 0.673 e. The number of nitrogens with one attached hydrogen (secondary N) is 1. The maximum atomic E-state index is 9.75. The third-order valence-electron chi connectivity index (χ3n) is 0. The van der Waals surface area contributed by atoms with E-state index in [0.29, 0.717) is 0 Å². The van der Waals surface area contributed by atoms with Gasteiger partial charge < -0.3 is 22.6 Å². The summed E-state index contributed by atoms with van der Waals surface area (Å²) in [4.78, 5) is 0. The van der Waals surface area contributed by atoms with Crippen LogP contribution < -0.4 is 5.32 Å². The van der Waals surface area contributed by atoms with Gasteiger partial charge in [-0.15, -0.1) is 0 Å². The highest BCUT2D eigenvalue weighted by Gasteiger charge is 2.20. The smallest absolute Gasteiger partial charge is 0.418 e. The van der Waals surface area contributed by atoms with E-state index in [1.165, 1.54) is 0 Å². The van der Waals surface area contributed by atoms with Gasteiger partial charge >= 0.3 is 7.25 Å². The normalized spacial score (nSPS) is 9.75. The second-order valence-corrected chi connectivity index (χ2v) is 0.995. The summed E-state index contributed by atoms with van der Waals surface area (Å²) in [7, 11) is -2.25. The van der Waals surface area contributed by atoms with Gasteiger partial charge in [-0.1, -0.05) is 0 Å². The van der Waals surface area contributed by atoms with Gasteiger partial charge in [-0.2, -0.15) is 0 Å². The van der Waals surface area contributed by atoms with Crippen LogP contribution in [0.25, 0.3) is 0 Å². The van der Waals surface area contributed by atoms with Crippen LogP contribution in [-0.4, -0.2) is 21.3 Å². The molecule has 0 aromatic heterocycles. The lowest BCUT2D eigenvalue weighted by molar-refractivity contribution is 0.368. The molecule has 0 fully saturated rings. The Bertz CT molecular complexity index is 37.8. The zero-order chi connectivity index (χ0) is 7.21. The minimum Gasteiger partial charge on any atom is -0.418 e. The van der Waals surface area contributed by atoms with Crippen molar-refractivity contribution in [1.82, 2.24) is 5.32 Å². The maximum Gasteiger partial charge on any atom is 0.673 e. The molecule has 0 bridgehead atoms. The zero-order valence-electron chi connectivity index (χ0n) is 4.59. The molecule has 52 valence electrons. The van der Waals surface area contributed by atoms with E-state index in [-0.39, 0.29) is 0 Å². The van der Waals surface area contributed by atoms with Crippen molar-refractivity contribution in [3.8, 4) is 0 Å². The third-order valence-corrected chi connectivity index (χ3v) is 0. The standard InChI is InChI=1S/C2H7N.BF4/c1-3-2;2-1(3,4)5/h3H,1-2H3;/q;-1. The Morgan fingerprint density at radius 2 is 1.00 bits per heavy atom. The van der Waals surface area contributed by atoms with Crippen molar-refractivity contribution in [3.05, 3.63) is 0 Å². The highest BCUT2D eigenvalue weighted by atomic mass is 19.5. The Kier molecular flexibility index (Phi) is 6.53. The van der Waals surface area contributed by atoms with E-state index >= 15 is 0 Å². The van der Waals surface area contributed by atoms with Crippen LogP contribution >= 0.6 is 0 Å². The molecule has 0 radical (unpaired) electrons. The fraction of sp³-hybridized carbons (Fsp3) is 1.00. The summed E-state index contributed by atoms with van der Waals surface area (Å²) in [6.45, 7) is 0. The minimum atomic E-state index is -6.00. The molecule has 0 spiro atoms. The molecular weight excluding hydrogens is 125 g/mol. The summed E-state index contributed by atoms with van der Waals surface area (Å²) in [5.41, 5.74) is 0. The molecule has 0 saturated carbocycles. The maximum absolute atomic E-state index is 9.75. The first-order valence-corrected chi connectivity index (χ1v) is 1.87. The van der Waals surface area contributed by atoms with Crippen LogP contribution in [0.3, 0.4) is 0 Å². The van der Waals surface area contributed by atoms with Crippen molar-refractivity contribution in [1.29, 1.82) is 0 Å². The van der Waals surface area contributed by atoms with Gasteiger partial charge in [0.1, 0.15) is 0 Å². The van der Waals surface area contributed by atoms with Gasteiger partial charge in [0.25, 0.3) is 0 Å². The van der Waals surface area contributed by atoms with Gasteiger partial charge in [0.05, 0.1) is 0 Å². The fourth-order valence-electron chi connectivity index (χ4n) is 0. The van der Waals surface area contributed by atoms with Crippen molar-refractivity contribution in [3.63, 3.8) is 0 Å². The molecular formula is C2H7BF4N-. The van der Waals surface area contributed by atoms with Gasteiger partial charge in [-0.3, -0.25) is 0 Å². The molecule has 0 aromatic rings. The quantitative estimate of drug-likeness (QED) is 0.384. The molecule has 0 aliphatic carbocycles. The monoisotopic (exact) mass is 132 g/mol. The molecule has 0 unspecified atom stereocenters. The SMILES string of the molecule is CNC.F[B-](F)(F)F. The van der Waals surface area contributed by atoms with Crippen LogP contribution in [0.2, 0.25) is 0 Å². The van der Waals surface area contributed by atoms with Gasteiger partial charge in [-0.25, -0.2) is 0 Å². The summed E-state index contributed by atoms with van der Waals surface area (Å²) in [6, 6.07) is 0. The molecule has 1 nitrogen and oxygen atoms in total. The van der Waals surface area contributed by atoms with E-state index in [4.69, 9.17) is 0 Å². The number of hydrogen-bond donors (Lipinski definition) is 1. The van der Waals surface area contributed by atoms with E-state index in [1.54, 1.807) is 0 Å². The molecule has 0 aliphatic heterocycles. The highest BCUT2D eigenvalue weighted by Crippen LogP contribution is 2.06. The van der Waals surface area contributed by atoms with Gasteiger partial charge in [0.15, 0.2) is 0 Å². The van der Waals surface area contributed by atoms with E-state index in [9.17, 15) is 17.3 Å². The van der Waals surface area contributed by atoms with Crippen LogP contribution in [0.4, 0.5) is 17.3 Å². The van der Waals surface area contributed by atoms with Crippen molar-refractivity contribution in [2.24, 2.45) is 0 Å². The predicted molar refractivity (Wildman–Crippen MR) is 25.2 cm³/mol. The van der Waals surface area contributed by atoms with Crippen LogP contribution in [0, 0.1) is 0 Å². The molecule has 1 N–H and O–H groups in total. The molecule has 0 amide bonds. The molecule has 8 heavy (non-hydrogen) atoms. The first-order chi connectivity index (χ1) is 3.41. The first kappa shape index (κ1) is 10.7. The zero-order valence-corrected chi connectivity index (χ0v) is 4.59. The van der Waals surface area contributed by atoms with Crippen LogP contribution in [0.15, 0.2) is 0 Å². The van der Waals surface area contributed by atoms with Crippen molar-refractivity contribution >= 4 is 7.25 Å². The lowest BCUT2D eigenvalue weighted by Crippen LogP contribution is -2.02. The second kappa shape index (κ2) is 4.89. The molecule has 0 rings (SSSR count). The molecule has 0 saturated heterocycles. The average Bonchev–Trinajstić information content (AvgIpc) is 1.27. The van der Waals surface area contributed by atoms with Crippen molar-refractivity contribution < 1.29 is 17.3 Å². The lowest BCUT2D eigenvalue weighted by atomic mass is 10.3. The Balaban J connectivity index is 0. The third kappa shape index (κ3) is 1990. The number of hydrogen-bond acceptors (Lipinski definition) is 1. The Labute approximate surface area is 45.2 Å². The molecule has 6 heteroatoms. The van der Waals surface area contributed by atoms with Gasteiger partial charge in [0, 0.05) is 0 Å². The van der Waals surface area contributed by atoms with Gasteiger partial charge in [0.2, 0.25) is 0 Å². The summed E-state index contributed by atoms with van der Waals surface area (Å²) in [5.74, 6) is 0. The predicted octanol–water partition coefficient (Wildman–Crippen LogP) is 1.14. The number of halogens is 4. The lowest BCUT2D eigenvalue weighted by Gasteiger charge is -1.94. The second-order valence-electron chi connectivity index (χ2n) is 0.995. The summed E-state index contributed by atoms with van der Waals surface area (Å²) >= 11 is 0. The van der Waals surface area contributed by atoms with E-state index in [0.717, 1.165) is 0 Å².